The average Bonchev–Trinajstić information content (AvgIpc) is 2.70. The van der Waals surface area contributed by atoms with E-state index in [0.717, 1.165) is 34.9 Å². The van der Waals surface area contributed by atoms with E-state index in [1.54, 1.807) is 0 Å². The summed E-state index contributed by atoms with van der Waals surface area (Å²) >= 11 is 3.70. The number of benzene rings is 1. The number of fused-ring (bicyclic) bond motifs is 3. The minimum Gasteiger partial charge on any atom is -0.261 e. The van der Waals surface area contributed by atoms with E-state index in [2.05, 4.69) is 27.0 Å². The summed E-state index contributed by atoms with van der Waals surface area (Å²) in [7, 11) is -2.41. The first-order chi connectivity index (χ1) is 9.06. The standard InChI is InChI=1S/C14H14BrNO2S/c1-8-4-11-10(7-19(17)18)5-9-2-3-13(15)14(9)12(11)6-16-8/h4-6,13,19H,2-3,7H2,1H3. The highest BCUT2D eigenvalue weighted by atomic mass is 79.9. The van der Waals surface area contributed by atoms with E-state index in [4.69, 9.17) is 0 Å². The maximum Gasteiger partial charge on any atom is 0.144 e. The van der Waals surface area contributed by atoms with Gasteiger partial charge in [0.2, 0.25) is 0 Å². The Morgan fingerprint density at radius 1 is 1.37 bits per heavy atom. The van der Waals surface area contributed by atoms with Crippen LogP contribution in [0.1, 0.15) is 33.6 Å². The van der Waals surface area contributed by atoms with Gasteiger partial charge in [0, 0.05) is 22.1 Å². The van der Waals surface area contributed by atoms with Gasteiger partial charge in [-0.15, -0.1) is 0 Å². The number of alkyl halides is 1. The number of aryl methyl sites for hydroxylation is 2. The van der Waals surface area contributed by atoms with Crippen LogP contribution in [0.15, 0.2) is 18.3 Å². The first kappa shape index (κ1) is 13.1. The number of hydrogen-bond donors (Lipinski definition) is 1. The lowest BCUT2D eigenvalue weighted by Gasteiger charge is -2.12. The Morgan fingerprint density at radius 3 is 2.89 bits per heavy atom. The highest BCUT2D eigenvalue weighted by Gasteiger charge is 2.24. The van der Waals surface area contributed by atoms with Crippen LogP contribution in [0.3, 0.4) is 0 Å². The summed E-state index contributed by atoms with van der Waals surface area (Å²) in [6.45, 7) is 1.93. The molecule has 0 fully saturated rings. The lowest BCUT2D eigenvalue weighted by molar-refractivity contribution is 0.614. The highest BCUT2D eigenvalue weighted by Crippen LogP contribution is 2.43. The van der Waals surface area contributed by atoms with Gasteiger partial charge in [-0.2, -0.15) is 0 Å². The zero-order valence-electron chi connectivity index (χ0n) is 10.5. The molecule has 1 unspecified atom stereocenters. The predicted molar refractivity (Wildman–Crippen MR) is 80.5 cm³/mol. The second-order valence-electron chi connectivity index (χ2n) is 4.98. The van der Waals surface area contributed by atoms with Crippen molar-refractivity contribution in [2.75, 3.05) is 0 Å². The lowest BCUT2D eigenvalue weighted by Crippen LogP contribution is -1.96. The van der Waals surface area contributed by atoms with Crippen molar-refractivity contribution in [3.05, 3.63) is 40.7 Å². The SMILES string of the molecule is Cc1cc2c(C[SH](=O)=O)cc3c(c2cn1)C(Br)CC3. The van der Waals surface area contributed by atoms with Gasteiger partial charge >= 0.3 is 0 Å². The molecule has 1 aromatic carbocycles. The molecule has 1 aromatic heterocycles. The summed E-state index contributed by atoms with van der Waals surface area (Å²) in [5, 5.41) is 2.12. The fraction of sp³-hybridized carbons (Fsp3) is 0.357. The maximum absolute atomic E-state index is 11.1. The molecule has 0 saturated carbocycles. The van der Waals surface area contributed by atoms with Crippen molar-refractivity contribution in [3.63, 3.8) is 0 Å². The van der Waals surface area contributed by atoms with Crippen molar-refractivity contribution in [1.29, 1.82) is 0 Å². The van der Waals surface area contributed by atoms with E-state index in [1.165, 1.54) is 11.1 Å². The molecule has 100 valence electrons. The smallest absolute Gasteiger partial charge is 0.144 e. The van der Waals surface area contributed by atoms with E-state index >= 15 is 0 Å². The van der Waals surface area contributed by atoms with Crippen LogP contribution in [0.4, 0.5) is 0 Å². The third-order valence-electron chi connectivity index (χ3n) is 3.65. The quantitative estimate of drug-likeness (QED) is 0.675. The van der Waals surface area contributed by atoms with Crippen LogP contribution in [0, 0.1) is 6.92 Å². The van der Waals surface area contributed by atoms with Crippen LogP contribution in [0.2, 0.25) is 0 Å². The number of halogens is 1. The minimum atomic E-state index is -2.41. The molecule has 0 bridgehead atoms. The molecule has 1 aliphatic rings. The molecule has 0 amide bonds. The number of nitrogens with zero attached hydrogens (tertiary/aromatic N) is 1. The molecule has 1 aliphatic carbocycles. The first-order valence-corrected chi connectivity index (χ1v) is 8.51. The number of aromatic nitrogens is 1. The molecule has 0 spiro atoms. The number of thiol groups is 1. The Morgan fingerprint density at radius 2 is 2.16 bits per heavy atom. The maximum atomic E-state index is 11.1. The molecule has 3 rings (SSSR count). The normalized spacial score (nSPS) is 18.2. The van der Waals surface area contributed by atoms with Crippen molar-refractivity contribution in [3.8, 4) is 0 Å². The Labute approximate surface area is 122 Å². The van der Waals surface area contributed by atoms with Crippen molar-refractivity contribution in [2.45, 2.75) is 30.3 Å². The van der Waals surface area contributed by atoms with Crippen molar-refractivity contribution in [2.24, 2.45) is 0 Å². The third-order valence-corrected chi connectivity index (χ3v) is 5.17. The molecule has 5 heteroatoms. The van der Waals surface area contributed by atoms with E-state index in [1.807, 2.05) is 19.2 Å². The summed E-state index contributed by atoms with van der Waals surface area (Å²) < 4.78 is 22.1. The van der Waals surface area contributed by atoms with Gasteiger partial charge in [0.15, 0.2) is 0 Å². The summed E-state index contributed by atoms with van der Waals surface area (Å²) in [4.78, 5) is 4.72. The summed E-state index contributed by atoms with van der Waals surface area (Å²) in [6, 6.07) is 4.05. The van der Waals surface area contributed by atoms with Crippen LogP contribution >= 0.6 is 15.9 Å². The highest BCUT2D eigenvalue weighted by molar-refractivity contribution is 9.09. The molecule has 2 aromatic rings. The number of hydrogen-bond acceptors (Lipinski definition) is 3. The topological polar surface area (TPSA) is 47.0 Å². The van der Waals surface area contributed by atoms with Gasteiger partial charge in [-0.05, 0) is 47.9 Å². The van der Waals surface area contributed by atoms with Gasteiger partial charge in [-0.25, -0.2) is 8.42 Å². The third kappa shape index (κ3) is 2.30. The largest absolute Gasteiger partial charge is 0.261 e. The van der Waals surface area contributed by atoms with Crippen LogP contribution in [-0.2, 0) is 22.9 Å². The average molecular weight is 340 g/mol. The summed E-state index contributed by atoms with van der Waals surface area (Å²) in [5.41, 5.74) is 4.36. The molecule has 1 atom stereocenters. The lowest BCUT2D eigenvalue weighted by atomic mass is 9.98. The summed E-state index contributed by atoms with van der Waals surface area (Å²) in [5.74, 6) is 0.107. The number of pyridine rings is 1. The number of rotatable bonds is 2. The molecular formula is C14H14BrNO2S. The van der Waals surface area contributed by atoms with Crippen molar-refractivity contribution < 1.29 is 8.42 Å². The molecule has 19 heavy (non-hydrogen) atoms. The Bertz CT molecular complexity index is 732. The molecule has 0 aliphatic heterocycles. The van der Waals surface area contributed by atoms with Gasteiger partial charge in [0.1, 0.15) is 10.7 Å². The Hall–Kier alpha value is -0.940. The molecule has 0 radical (unpaired) electrons. The Kier molecular flexibility index (Phi) is 3.35. The second-order valence-corrected chi connectivity index (χ2v) is 7.06. The molecule has 1 heterocycles. The molecule has 3 nitrogen and oxygen atoms in total. The van der Waals surface area contributed by atoms with E-state index in [0.29, 0.717) is 4.83 Å². The van der Waals surface area contributed by atoms with Crippen LogP contribution < -0.4 is 0 Å². The van der Waals surface area contributed by atoms with Crippen LogP contribution in [0.25, 0.3) is 10.8 Å². The minimum absolute atomic E-state index is 0.107. The molecular weight excluding hydrogens is 326 g/mol. The van der Waals surface area contributed by atoms with Gasteiger partial charge in [-0.3, -0.25) is 4.98 Å². The zero-order valence-corrected chi connectivity index (χ0v) is 13.0. The second kappa shape index (κ2) is 4.87. The van der Waals surface area contributed by atoms with Crippen molar-refractivity contribution >= 4 is 37.4 Å². The first-order valence-electron chi connectivity index (χ1n) is 6.23. The molecule has 0 saturated heterocycles. The van der Waals surface area contributed by atoms with E-state index in [9.17, 15) is 8.42 Å². The van der Waals surface area contributed by atoms with Gasteiger partial charge in [0.05, 0.1) is 5.75 Å². The van der Waals surface area contributed by atoms with E-state index in [-0.39, 0.29) is 5.75 Å². The van der Waals surface area contributed by atoms with Crippen molar-refractivity contribution in [1.82, 2.24) is 4.98 Å². The monoisotopic (exact) mass is 339 g/mol. The summed E-state index contributed by atoms with van der Waals surface area (Å²) in [6.07, 6.45) is 3.94. The molecule has 0 N–H and O–H groups in total. The van der Waals surface area contributed by atoms with Gasteiger partial charge in [-0.1, -0.05) is 22.0 Å². The fourth-order valence-electron chi connectivity index (χ4n) is 2.85. The van der Waals surface area contributed by atoms with Crippen LogP contribution in [-0.4, -0.2) is 13.4 Å². The Balaban J connectivity index is 2.35. The zero-order chi connectivity index (χ0) is 13.6. The van der Waals surface area contributed by atoms with Crippen LogP contribution in [0.5, 0.6) is 0 Å². The van der Waals surface area contributed by atoms with E-state index < -0.39 is 10.7 Å². The van der Waals surface area contributed by atoms with Gasteiger partial charge < -0.3 is 0 Å². The fourth-order valence-corrected chi connectivity index (χ4v) is 4.16. The van der Waals surface area contributed by atoms with Gasteiger partial charge in [0.25, 0.3) is 0 Å². The predicted octanol–water partition coefficient (Wildman–Crippen LogP) is 3.04.